The van der Waals surface area contributed by atoms with Gasteiger partial charge in [-0.25, -0.2) is 9.50 Å². The lowest BCUT2D eigenvalue weighted by molar-refractivity contribution is -0.136. The number of carbonyl (C=O) groups is 1. The van der Waals surface area contributed by atoms with Crippen LogP contribution in [0.5, 0.6) is 0 Å². The highest BCUT2D eigenvalue weighted by molar-refractivity contribution is 5.80. The molecule has 2 saturated heterocycles. The predicted molar refractivity (Wildman–Crippen MR) is 125 cm³/mol. The van der Waals surface area contributed by atoms with Gasteiger partial charge in [0.25, 0.3) is 5.56 Å². The molecule has 0 aromatic carbocycles. The molecule has 2 aromatic rings. The number of H-pyrrole nitrogens is 1. The van der Waals surface area contributed by atoms with E-state index in [9.17, 15) is 9.59 Å². The summed E-state index contributed by atoms with van der Waals surface area (Å²) < 4.78 is 1.55. The molecule has 1 N–H and O–H groups in total. The van der Waals surface area contributed by atoms with Crippen molar-refractivity contribution < 1.29 is 4.79 Å². The summed E-state index contributed by atoms with van der Waals surface area (Å²) in [6, 6.07) is 4.26. The molecule has 2 aliphatic heterocycles. The molecule has 1 aliphatic carbocycles. The maximum atomic E-state index is 13.2. The molecule has 3 aliphatic rings. The molecule has 0 saturated carbocycles. The molecule has 7 nitrogen and oxygen atoms in total. The van der Waals surface area contributed by atoms with Crippen LogP contribution in [0.15, 0.2) is 29.1 Å². The molecule has 4 heterocycles. The number of piperidine rings is 1. The number of likely N-dealkylation sites (tertiary alicyclic amines) is 2. The van der Waals surface area contributed by atoms with Gasteiger partial charge in [-0.05, 0) is 71.9 Å². The minimum absolute atomic E-state index is 0.00670. The van der Waals surface area contributed by atoms with Crippen LogP contribution in [-0.2, 0) is 4.79 Å². The normalized spacial score (nSPS) is 25.3. The fourth-order valence-electron chi connectivity index (χ4n) is 5.73. The number of fused-ring (bicyclic) bond motifs is 1. The van der Waals surface area contributed by atoms with Crippen LogP contribution >= 0.6 is 0 Å². The van der Waals surface area contributed by atoms with Crippen LogP contribution in [0.1, 0.15) is 82.1 Å². The van der Waals surface area contributed by atoms with Crippen molar-refractivity contribution in [2.24, 2.45) is 5.92 Å². The van der Waals surface area contributed by atoms with E-state index in [1.165, 1.54) is 0 Å². The highest BCUT2D eigenvalue weighted by Gasteiger charge is 2.35. The number of hydrogen-bond donors (Lipinski definition) is 1. The number of aromatic amines is 1. The first-order valence-corrected chi connectivity index (χ1v) is 12.3. The molecular formula is C25H35N5O2. The molecule has 7 heteroatoms. The number of allylic oxidation sites excluding steroid dienone is 2. The average Bonchev–Trinajstić information content (AvgIpc) is 3.46. The zero-order valence-electron chi connectivity index (χ0n) is 19.3. The van der Waals surface area contributed by atoms with Crippen molar-refractivity contribution >= 4 is 11.6 Å². The van der Waals surface area contributed by atoms with Crippen LogP contribution in [0.3, 0.4) is 0 Å². The van der Waals surface area contributed by atoms with Crippen LogP contribution in [0.25, 0.3) is 5.65 Å². The van der Waals surface area contributed by atoms with Crippen LogP contribution < -0.4 is 5.56 Å². The van der Waals surface area contributed by atoms with Crippen molar-refractivity contribution in [2.75, 3.05) is 19.6 Å². The summed E-state index contributed by atoms with van der Waals surface area (Å²) in [6.45, 7) is 7.37. The average molecular weight is 438 g/mol. The summed E-state index contributed by atoms with van der Waals surface area (Å²) in [6.07, 6.45) is 11.1. The second-order valence-electron chi connectivity index (χ2n) is 10.00. The highest BCUT2D eigenvalue weighted by Crippen LogP contribution is 2.35. The Bertz CT molecular complexity index is 1060. The Morgan fingerprint density at radius 3 is 2.62 bits per heavy atom. The van der Waals surface area contributed by atoms with E-state index in [1.54, 1.807) is 10.6 Å². The number of hydrogen-bond acceptors (Lipinski definition) is 4. The minimum atomic E-state index is -0.0594. The maximum Gasteiger partial charge on any atom is 0.272 e. The van der Waals surface area contributed by atoms with E-state index in [0.717, 1.165) is 76.0 Å². The number of amides is 1. The molecule has 5 rings (SSSR count). The molecule has 0 unspecified atom stereocenters. The van der Waals surface area contributed by atoms with Crippen molar-refractivity contribution in [1.82, 2.24) is 24.4 Å². The Morgan fingerprint density at radius 2 is 1.91 bits per heavy atom. The Balaban J connectivity index is 1.37. The Labute approximate surface area is 189 Å². The third kappa shape index (κ3) is 4.03. The molecule has 0 bridgehead atoms. The quantitative estimate of drug-likeness (QED) is 0.742. The Hall–Kier alpha value is -2.41. The van der Waals surface area contributed by atoms with Gasteiger partial charge in [0.05, 0.1) is 17.4 Å². The van der Waals surface area contributed by atoms with E-state index < -0.39 is 0 Å². The third-order valence-electron chi connectivity index (χ3n) is 7.68. The lowest BCUT2D eigenvalue weighted by Crippen LogP contribution is -2.38. The fourth-order valence-corrected chi connectivity index (χ4v) is 5.73. The molecule has 2 fully saturated rings. The second kappa shape index (κ2) is 8.85. The third-order valence-corrected chi connectivity index (χ3v) is 7.68. The van der Waals surface area contributed by atoms with Gasteiger partial charge in [0, 0.05) is 36.6 Å². The van der Waals surface area contributed by atoms with Gasteiger partial charge in [0.15, 0.2) is 5.65 Å². The number of aromatic nitrogens is 3. The SMILES string of the molecule is CC(C)N1CCC(c2cc(=O)n3[nH]c([C@@H]4CCCN4C(=O)[C@H]4CC=CCC4)cc3n2)CC1. The molecule has 2 aromatic heterocycles. The molecule has 172 valence electrons. The van der Waals surface area contributed by atoms with Crippen molar-refractivity contribution in [3.05, 3.63) is 46.0 Å². The van der Waals surface area contributed by atoms with Crippen LogP contribution in [-0.4, -0.2) is 56.0 Å². The topological polar surface area (TPSA) is 73.7 Å². The second-order valence-corrected chi connectivity index (χ2v) is 10.00. The number of rotatable bonds is 4. The fraction of sp³-hybridized carbons (Fsp3) is 0.640. The van der Waals surface area contributed by atoms with Crippen molar-refractivity contribution in [1.29, 1.82) is 0 Å². The first kappa shape index (κ1) is 21.4. The van der Waals surface area contributed by atoms with E-state index in [4.69, 9.17) is 4.98 Å². The van der Waals surface area contributed by atoms with Gasteiger partial charge in [-0.15, -0.1) is 0 Å². The monoisotopic (exact) mass is 437 g/mol. The number of nitrogens with zero attached hydrogens (tertiary/aromatic N) is 4. The van der Waals surface area contributed by atoms with E-state index in [0.29, 0.717) is 17.6 Å². The number of nitrogens with one attached hydrogen (secondary N) is 1. The summed E-state index contributed by atoms with van der Waals surface area (Å²) in [5.41, 5.74) is 2.46. The Kier molecular flexibility index (Phi) is 5.93. The van der Waals surface area contributed by atoms with E-state index >= 15 is 0 Å². The van der Waals surface area contributed by atoms with E-state index in [1.807, 2.05) is 11.0 Å². The molecular weight excluding hydrogens is 402 g/mol. The van der Waals surface area contributed by atoms with Gasteiger partial charge < -0.3 is 9.80 Å². The van der Waals surface area contributed by atoms with Crippen molar-refractivity contribution in [3.63, 3.8) is 0 Å². The van der Waals surface area contributed by atoms with E-state index in [2.05, 4.69) is 36.0 Å². The van der Waals surface area contributed by atoms with Gasteiger partial charge in [0.1, 0.15) is 0 Å². The molecule has 2 atom stereocenters. The number of carbonyl (C=O) groups excluding carboxylic acids is 1. The van der Waals surface area contributed by atoms with Gasteiger partial charge in [-0.2, -0.15) is 0 Å². The summed E-state index contributed by atoms with van der Waals surface area (Å²) in [4.78, 5) is 35.5. The minimum Gasteiger partial charge on any atom is -0.334 e. The lowest BCUT2D eigenvalue weighted by Gasteiger charge is -2.34. The lowest BCUT2D eigenvalue weighted by atomic mass is 9.92. The molecule has 0 spiro atoms. The van der Waals surface area contributed by atoms with Crippen molar-refractivity contribution in [2.45, 2.75) is 76.8 Å². The first-order chi connectivity index (χ1) is 15.5. The largest absolute Gasteiger partial charge is 0.334 e. The molecule has 1 amide bonds. The smallest absolute Gasteiger partial charge is 0.272 e. The van der Waals surface area contributed by atoms with E-state index in [-0.39, 0.29) is 23.4 Å². The molecule has 0 radical (unpaired) electrons. The summed E-state index contributed by atoms with van der Waals surface area (Å²) in [7, 11) is 0. The first-order valence-electron chi connectivity index (χ1n) is 12.3. The summed E-state index contributed by atoms with van der Waals surface area (Å²) >= 11 is 0. The van der Waals surface area contributed by atoms with Crippen molar-refractivity contribution in [3.8, 4) is 0 Å². The van der Waals surface area contributed by atoms with Gasteiger partial charge in [-0.1, -0.05) is 12.2 Å². The summed E-state index contributed by atoms with van der Waals surface area (Å²) in [5, 5.41) is 3.27. The van der Waals surface area contributed by atoms with Gasteiger partial charge in [0.2, 0.25) is 5.91 Å². The zero-order chi connectivity index (χ0) is 22.2. The van der Waals surface area contributed by atoms with Crippen LogP contribution in [0.2, 0.25) is 0 Å². The van der Waals surface area contributed by atoms with Gasteiger partial charge in [-0.3, -0.25) is 14.7 Å². The maximum absolute atomic E-state index is 13.2. The van der Waals surface area contributed by atoms with Crippen LogP contribution in [0.4, 0.5) is 0 Å². The summed E-state index contributed by atoms with van der Waals surface area (Å²) in [5.74, 6) is 0.688. The zero-order valence-corrected chi connectivity index (χ0v) is 19.3. The highest BCUT2D eigenvalue weighted by atomic mass is 16.2. The van der Waals surface area contributed by atoms with Crippen LogP contribution in [0, 0.1) is 5.92 Å². The Morgan fingerprint density at radius 1 is 1.09 bits per heavy atom. The predicted octanol–water partition coefficient (Wildman–Crippen LogP) is 3.63. The van der Waals surface area contributed by atoms with Gasteiger partial charge >= 0.3 is 0 Å². The molecule has 32 heavy (non-hydrogen) atoms. The standard InChI is InChI=1S/C25H35N5O2/c1-17(2)28-13-10-18(11-14-28)20-16-24(31)30-23(26-20)15-21(27-30)22-9-6-12-29(22)25(32)19-7-4-3-5-8-19/h3-4,15-19,22,27H,5-14H2,1-2H3/t19-,22-/m0/s1.